The van der Waals surface area contributed by atoms with Crippen molar-refractivity contribution in [3.8, 4) is 0 Å². The third kappa shape index (κ3) is 2.67. The number of carbonyl (C=O) groups excluding carboxylic acids is 1. The molecular weight excluding hydrogens is 327 g/mol. The van der Waals surface area contributed by atoms with Crippen LogP contribution >= 0.6 is 34.5 Å². The maximum Gasteiger partial charge on any atom is 0.272 e. The lowest BCUT2D eigenvalue weighted by Gasteiger charge is -2.10. The first kappa shape index (κ1) is 14.4. The number of hydrogen-bond donors (Lipinski definition) is 1. The topological polar surface area (TPSA) is 34.0 Å². The summed E-state index contributed by atoms with van der Waals surface area (Å²) < 4.78 is 3.08. The molecule has 3 nitrogen and oxygen atoms in total. The van der Waals surface area contributed by atoms with Gasteiger partial charge in [-0.2, -0.15) is 0 Å². The zero-order valence-corrected chi connectivity index (χ0v) is 13.5. The van der Waals surface area contributed by atoms with Crippen LogP contribution in [0.5, 0.6) is 0 Å². The number of thiophene rings is 1. The van der Waals surface area contributed by atoms with Crippen molar-refractivity contribution in [3.05, 3.63) is 51.5 Å². The van der Waals surface area contributed by atoms with E-state index >= 15 is 0 Å². The molecule has 0 aliphatic heterocycles. The van der Waals surface area contributed by atoms with Crippen LogP contribution in [0.2, 0.25) is 10.0 Å². The lowest BCUT2D eigenvalue weighted by atomic mass is 10.3. The standard InChI is InChI=1S/C15H12Cl2N2OS/c1-2-19-12-5-6-21-14(12)8-13(19)15(20)18-11-7-9(16)3-4-10(11)17/h3-8H,2H2,1H3,(H,18,20). The summed E-state index contributed by atoms with van der Waals surface area (Å²) in [6.45, 7) is 2.74. The Bertz CT molecular complexity index is 822. The van der Waals surface area contributed by atoms with E-state index in [1.54, 1.807) is 29.5 Å². The Hall–Kier alpha value is -1.49. The quantitative estimate of drug-likeness (QED) is 0.692. The molecule has 0 spiro atoms. The maximum absolute atomic E-state index is 12.5. The third-order valence-corrected chi connectivity index (χ3v) is 4.67. The van der Waals surface area contributed by atoms with Crippen molar-refractivity contribution in [1.29, 1.82) is 0 Å². The SMILES string of the molecule is CCn1c(C(=O)Nc2cc(Cl)ccc2Cl)cc2sccc21. The monoisotopic (exact) mass is 338 g/mol. The van der Waals surface area contributed by atoms with E-state index in [1.165, 1.54) is 0 Å². The molecule has 0 aliphatic rings. The molecule has 6 heteroatoms. The van der Waals surface area contributed by atoms with Crippen LogP contribution in [-0.2, 0) is 6.54 Å². The van der Waals surface area contributed by atoms with E-state index < -0.39 is 0 Å². The van der Waals surface area contributed by atoms with Crippen molar-refractivity contribution in [2.45, 2.75) is 13.5 Å². The van der Waals surface area contributed by atoms with Crippen molar-refractivity contribution < 1.29 is 4.79 Å². The second-order valence-corrected chi connectivity index (χ2v) is 6.31. The van der Waals surface area contributed by atoms with Gasteiger partial charge in [0, 0.05) is 11.6 Å². The first-order valence-corrected chi connectivity index (χ1v) is 8.07. The Morgan fingerprint density at radius 3 is 2.86 bits per heavy atom. The van der Waals surface area contributed by atoms with Gasteiger partial charge in [-0.05, 0) is 42.6 Å². The van der Waals surface area contributed by atoms with E-state index in [0.29, 0.717) is 21.4 Å². The van der Waals surface area contributed by atoms with Crippen LogP contribution in [0.25, 0.3) is 10.2 Å². The number of halogens is 2. The zero-order chi connectivity index (χ0) is 15.0. The fourth-order valence-electron chi connectivity index (χ4n) is 2.29. The van der Waals surface area contributed by atoms with Crippen molar-refractivity contribution in [1.82, 2.24) is 4.57 Å². The van der Waals surface area contributed by atoms with E-state index in [0.717, 1.165) is 16.8 Å². The number of aryl methyl sites for hydroxylation is 1. The Labute approximate surface area is 136 Å². The summed E-state index contributed by atoms with van der Waals surface area (Å²) in [4.78, 5) is 12.5. The Morgan fingerprint density at radius 2 is 2.10 bits per heavy atom. The van der Waals surface area contributed by atoms with Gasteiger partial charge < -0.3 is 9.88 Å². The molecule has 108 valence electrons. The number of hydrogen-bond acceptors (Lipinski definition) is 2. The lowest BCUT2D eigenvalue weighted by molar-refractivity contribution is 0.101. The maximum atomic E-state index is 12.5. The Morgan fingerprint density at radius 1 is 1.29 bits per heavy atom. The van der Waals surface area contributed by atoms with Crippen LogP contribution < -0.4 is 5.32 Å². The third-order valence-electron chi connectivity index (χ3n) is 3.25. The van der Waals surface area contributed by atoms with Crippen molar-refractivity contribution >= 4 is 56.3 Å². The summed E-state index contributed by atoms with van der Waals surface area (Å²) in [6.07, 6.45) is 0. The largest absolute Gasteiger partial charge is 0.336 e. The molecule has 0 saturated carbocycles. The van der Waals surface area contributed by atoms with Crippen molar-refractivity contribution in [3.63, 3.8) is 0 Å². The summed E-state index contributed by atoms with van der Waals surface area (Å²) in [5, 5.41) is 5.83. The molecule has 2 aromatic heterocycles. The van der Waals surface area contributed by atoms with E-state index in [-0.39, 0.29) is 5.91 Å². The number of fused-ring (bicyclic) bond motifs is 1. The average Bonchev–Trinajstić information content (AvgIpc) is 3.02. The minimum atomic E-state index is -0.190. The van der Waals surface area contributed by atoms with Crippen LogP contribution in [0.3, 0.4) is 0 Å². The highest BCUT2D eigenvalue weighted by Crippen LogP contribution is 2.28. The predicted molar refractivity (Wildman–Crippen MR) is 89.9 cm³/mol. The fourth-order valence-corrected chi connectivity index (χ4v) is 3.44. The van der Waals surface area contributed by atoms with Gasteiger partial charge in [0.15, 0.2) is 0 Å². The number of carbonyl (C=O) groups is 1. The molecule has 0 unspecified atom stereocenters. The minimum Gasteiger partial charge on any atom is -0.336 e. The van der Waals surface area contributed by atoms with E-state index in [4.69, 9.17) is 23.2 Å². The second kappa shape index (κ2) is 5.72. The summed E-state index contributed by atoms with van der Waals surface area (Å²) in [7, 11) is 0. The van der Waals surface area contributed by atoms with Gasteiger partial charge in [-0.1, -0.05) is 23.2 Å². The normalized spacial score (nSPS) is 11.0. The molecule has 3 rings (SSSR count). The van der Waals surface area contributed by atoms with Gasteiger partial charge in [-0.15, -0.1) is 11.3 Å². The van der Waals surface area contributed by atoms with Crippen LogP contribution in [-0.4, -0.2) is 10.5 Å². The number of rotatable bonds is 3. The van der Waals surface area contributed by atoms with Crippen LogP contribution in [0.1, 0.15) is 17.4 Å². The molecule has 21 heavy (non-hydrogen) atoms. The molecule has 0 atom stereocenters. The lowest BCUT2D eigenvalue weighted by Crippen LogP contribution is -2.16. The molecule has 2 heterocycles. The summed E-state index contributed by atoms with van der Waals surface area (Å²) in [6, 6.07) is 8.91. The van der Waals surface area contributed by atoms with Crippen LogP contribution in [0, 0.1) is 0 Å². The number of amides is 1. The number of benzene rings is 1. The number of nitrogens with zero attached hydrogens (tertiary/aromatic N) is 1. The first-order chi connectivity index (χ1) is 10.1. The highest BCUT2D eigenvalue weighted by atomic mass is 35.5. The van der Waals surface area contributed by atoms with E-state index in [9.17, 15) is 4.79 Å². The molecule has 0 aliphatic carbocycles. The zero-order valence-electron chi connectivity index (χ0n) is 11.2. The van der Waals surface area contributed by atoms with Gasteiger partial charge in [0.05, 0.1) is 20.9 Å². The van der Waals surface area contributed by atoms with Crippen molar-refractivity contribution in [2.24, 2.45) is 0 Å². The average molecular weight is 339 g/mol. The smallest absolute Gasteiger partial charge is 0.272 e. The highest BCUT2D eigenvalue weighted by Gasteiger charge is 2.16. The van der Waals surface area contributed by atoms with Crippen LogP contribution in [0.15, 0.2) is 35.7 Å². The fraction of sp³-hybridized carbons (Fsp3) is 0.133. The van der Waals surface area contributed by atoms with Gasteiger partial charge in [0.25, 0.3) is 5.91 Å². The van der Waals surface area contributed by atoms with Gasteiger partial charge >= 0.3 is 0 Å². The van der Waals surface area contributed by atoms with Crippen molar-refractivity contribution in [2.75, 3.05) is 5.32 Å². The minimum absolute atomic E-state index is 0.190. The summed E-state index contributed by atoms with van der Waals surface area (Å²) in [5.74, 6) is -0.190. The van der Waals surface area contributed by atoms with E-state index in [1.807, 2.05) is 29.0 Å². The van der Waals surface area contributed by atoms with Gasteiger partial charge in [-0.3, -0.25) is 4.79 Å². The molecule has 0 radical (unpaired) electrons. The molecule has 3 aromatic rings. The Kier molecular flexibility index (Phi) is 3.93. The van der Waals surface area contributed by atoms with Gasteiger partial charge in [-0.25, -0.2) is 0 Å². The van der Waals surface area contributed by atoms with Crippen LogP contribution in [0.4, 0.5) is 5.69 Å². The molecule has 1 N–H and O–H groups in total. The predicted octanol–water partition coefficient (Wildman–Crippen LogP) is 5.28. The number of anilines is 1. The van der Waals surface area contributed by atoms with Gasteiger partial charge in [0.2, 0.25) is 0 Å². The first-order valence-electron chi connectivity index (χ1n) is 6.43. The van der Waals surface area contributed by atoms with E-state index in [2.05, 4.69) is 5.32 Å². The molecular formula is C15H12Cl2N2OS. The summed E-state index contributed by atoms with van der Waals surface area (Å²) in [5.41, 5.74) is 2.21. The number of nitrogens with one attached hydrogen (secondary N) is 1. The molecule has 1 amide bonds. The molecule has 0 fully saturated rings. The molecule has 1 aromatic carbocycles. The number of aromatic nitrogens is 1. The molecule has 0 bridgehead atoms. The second-order valence-electron chi connectivity index (χ2n) is 4.52. The Balaban J connectivity index is 1.97. The summed E-state index contributed by atoms with van der Waals surface area (Å²) >= 11 is 13.6. The highest BCUT2D eigenvalue weighted by molar-refractivity contribution is 7.17. The van der Waals surface area contributed by atoms with Gasteiger partial charge in [0.1, 0.15) is 5.69 Å². The molecule has 0 saturated heterocycles.